The number of pyridine rings is 1. The second-order valence-corrected chi connectivity index (χ2v) is 11.7. The van der Waals surface area contributed by atoms with Gasteiger partial charge in [-0.1, -0.05) is 0 Å². The first-order valence-corrected chi connectivity index (χ1v) is 14.3. The number of rotatable bonds is 4. The fourth-order valence-electron chi connectivity index (χ4n) is 5.46. The summed E-state index contributed by atoms with van der Waals surface area (Å²) >= 11 is 0. The fourth-order valence-corrected chi connectivity index (χ4v) is 5.46. The number of carbonyl (C=O) groups is 1. The van der Waals surface area contributed by atoms with Crippen LogP contribution in [0, 0.1) is 6.92 Å². The van der Waals surface area contributed by atoms with Crippen LogP contribution in [0.2, 0.25) is 0 Å². The molecule has 2 aromatic heterocycles. The summed E-state index contributed by atoms with van der Waals surface area (Å²) < 4.78 is 11.2. The van der Waals surface area contributed by atoms with Crippen LogP contribution >= 0.6 is 0 Å². The number of aromatic nitrogens is 3. The predicted octanol–water partition coefficient (Wildman–Crippen LogP) is 4.35. The van der Waals surface area contributed by atoms with Gasteiger partial charge in [0.05, 0.1) is 24.1 Å². The van der Waals surface area contributed by atoms with Crippen LogP contribution in [0.3, 0.4) is 0 Å². The average molecular weight is 559 g/mol. The Hall–Kier alpha value is -4.28. The van der Waals surface area contributed by atoms with E-state index in [2.05, 4.69) is 49.5 Å². The minimum absolute atomic E-state index is 0.244. The van der Waals surface area contributed by atoms with Crippen molar-refractivity contribution < 1.29 is 14.3 Å². The highest BCUT2D eigenvalue weighted by Gasteiger charge is 2.26. The van der Waals surface area contributed by atoms with Gasteiger partial charge in [0.2, 0.25) is 11.8 Å². The maximum Gasteiger partial charge on any atom is 0.410 e. The molecule has 1 amide bonds. The van der Waals surface area contributed by atoms with Crippen molar-refractivity contribution in [2.75, 3.05) is 66.3 Å². The maximum atomic E-state index is 12.4. The molecule has 1 saturated heterocycles. The van der Waals surface area contributed by atoms with E-state index in [4.69, 9.17) is 14.5 Å². The molecule has 0 unspecified atom stereocenters. The number of nitrogens with zero attached hydrogens (tertiary/aromatic N) is 6. The second kappa shape index (κ2) is 10.9. The number of carbonyl (C=O) groups excluding carboxylic acids is 1. The van der Waals surface area contributed by atoms with Gasteiger partial charge in [-0.15, -0.1) is 0 Å². The fraction of sp³-hybridized carbons (Fsp3) is 0.467. The lowest BCUT2D eigenvalue weighted by atomic mass is 10.0. The Morgan fingerprint density at radius 3 is 2.56 bits per heavy atom. The van der Waals surface area contributed by atoms with Crippen molar-refractivity contribution in [2.24, 2.45) is 0 Å². The van der Waals surface area contributed by atoms with Gasteiger partial charge < -0.3 is 34.8 Å². The molecular weight excluding hydrogens is 520 g/mol. The zero-order valence-corrected chi connectivity index (χ0v) is 24.2. The van der Waals surface area contributed by atoms with Gasteiger partial charge in [0, 0.05) is 62.4 Å². The van der Waals surface area contributed by atoms with Crippen LogP contribution in [0.1, 0.15) is 37.6 Å². The summed E-state index contributed by atoms with van der Waals surface area (Å²) in [6, 6.07) is 8.27. The zero-order valence-electron chi connectivity index (χ0n) is 24.2. The lowest BCUT2D eigenvalue weighted by Crippen LogP contribution is -2.50. The minimum atomic E-state index is -0.482. The lowest BCUT2D eigenvalue weighted by molar-refractivity contribution is 0.0240. The molecule has 1 aromatic carbocycles. The molecule has 0 radical (unpaired) electrons. The van der Waals surface area contributed by atoms with Gasteiger partial charge in [0.25, 0.3) is 0 Å². The smallest absolute Gasteiger partial charge is 0.410 e. The zero-order chi connectivity index (χ0) is 28.6. The second-order valence-electron chi connectivity index (χ2n) is 11.7. The van der Waals surface area contributed by atoms with Crippen molar-refractivity contribution in [1.29, 1.82) is 0 Å². The molecule has 1 fully saturated rings. The molecule has 11 heteroatoms. The molecule has 6 rings (SSSR count). The maximum absolute atomic E-state index is 12.4. The number of nitrogens with one attached hydrogen (secondary N) is 2. The van der Waals surface area contributed by atoms with Gasteiger partial charge in [0.1, 0.15) is 17.9 Å². The van der Waals surface area contributed by atoms with E-state index in [9.17, 15) is 4.79 Å². The molecule has 3 aromatic rings. The summed E-state index contributed by atoms with van der Waals surface area (Å²) in [6.07, 6.45) is 4.48. The molecule has 11 nitrogen and oxygen atoms in total. The Labute approximate surface area is 240 Å². The van der Waals surface area contributed by atoms with Crippen molar-refractivity contribution in [2.45, 2.75) is 46.3 Å². The number of amides is 1. The topological polar surface area (TPSA) is 108 Å². The van der Waals surface area contributed by atoms with Crippen molar-refractivity contribution in [1.82, 2.24) is 19.9 Å². The lowest BCUT2D eigenvalue weighted by Gasteiger charge is -2.36. The SMILES string of the molecule is Cc1c(N2CCc3cnc(Nc4ccc(N5CCN(C(=O)OC(C)(C)C)CC5)cc4)nc3C2)cnc2c1NCCO2. The van der Waals surface area contributed by atoms with Crippen molar-refractivity contribution in [3.63, 3.8) is 0 Å². The average Bonchev–Trinajstić information content (AvgIpc) is 2.97. The molecule has 216 valence electrons. The van der Waals surface area contributed by atoms with E-state index in [1.807, 2.05) is 45.3 Å². The largest absolute Gasteiger partial charge is 0.474 e. The van der Waals surface area contributed by atoms with Gasteiger partial charge in [-0.2, -0.15) is 0 Å². The normalized spacial score (nSPS) is 16.7. The summed E-state index contributed by atoms with van der Waals surface area (Å²) in [5, 5.41) is 6.80. The summed E-state index contributed by atoms with van der Waals surface area (Å²) in [6.45, 7) is 13.6. The van der Waals surface area contributed by atoms with Crippen LogP contribution in [0.25, 0.3) is 0 Å². The molecule has 0 aliphatic carbocycles. The molecule has 3 aliphatic rings. The van der Waals surface area contributed by atoms with Crippen LogP contribution < -0.4 is 25.2 Å². The molecular formula is C30H38N8O3. The van der Waals surface area contributed by atoms with Gasteiger partial charge in [-0.3, -0.25) is 0 Å². The first kappa shape index (κ1) is 26.9. The number of fused-ring (bicyclic) bond motifs is 2. The highest BCUT2D eigenvalue weighted by molar-refractivity contribution is 5.71. The van der Waals surface area contributed by atoms with Gasteiger partial charge in [0.15, 0.2) is 0 Å². The van der Waals surface area contributed by atoms with Crippen LogP contribution in [0.5, 0.6) is 5.88 Å². The minimum Gasteiger partial charge on any atom is -0.474 e. The third-order valence-corrected chi connectivity index (χ3v) is 7.63. The molecule has 5 heterocycles. The van der Waals surface area contributed by atoms with E-state index in [0.29, 0.717) is 38.1 Å². The molecule has 41 heavy (non-hydrogen) atoms. The first-order chi connectivity index (χ1) is 19.7. The van der Waals surface area contributed by atoms with E-state index in [1.54, 1.807) is 4.90 Å². The number of ether oxygens (including phenoxy) is 2. The summed E-state index contributed by atoms with van der Waals surface area (Å²) in [5.74, 6) is 1.26. The summed E-state index contributed by atoms with van der Waals surface area (Å²) in [5.41, 5.74) is 7.00. The highest BCUT2D eigenvalue weighted by Crippen LogP contribution is 2.36. The van der Waals surface area contributed by atoms with E-state index < -0.39 is 5.60 Å². The van der Waals surface area contributed by atoms with Crippen LogP contribution in [0.15, 0.2) is 36.7 Å². The number of benzene rings is 1. The standard InChI is InChI=1S/C30H38N8O3/c1-20-25(18-32-27-26(20)31-10-16-40-27)38-11-9-21-17-33-28(35-24(21)19-38)34-22-5-7-23(8-6-22)36-12-14-37(15-13-36)29(39)41-30(2,3)4/h5-8,17-18,31H,9-16,19H2,1-4H3,(H,33,34,35). The van der Waals surface area contributed by atoms with Gasteiger partial charge in [-0.05, 0) is 63.9 Å². The van der Waals surface area contributed by atoms with E-state index >= 15 is 0 Å². The van der Waals surface area contributed by atoms with E-state index in [-0.39, 0.29) is 6.09 Å². The Bertz CT molecular complexity index is 1410. The van der Waals surface area contributed by atoms with Gasteiger partial charge >= 0.3 is 6.09 Å². The Balaban J connectivity index is 1.08. The van der Waals surface area contributed by atoms with Crippen LogP contribution in [0.4, 0.5) is 33.5 Å². The quantitative estimate of drug-likeness (QED) is 0.480. The molecule has 0 bridgehead atoms. The van der Waals surface area contributed by atoms with Crippen LogP contribution in [-0.2, 0) is 17.7 Å². The summed E-state index contributed by atoms with van der Waals surface area (Å²) in [7, 11) is 0. The summed E-state index contributed by atoms with van der Waals surface area (Å²) in [4.78, 5) is 32.8. The number of hydrogen-bond donors (Lipinski definition) is 2. The monoisotopic (exact) mass is 558 g/mol. The van der Waals surface area contributed by atoms with Crippen LogP contribution in [-0.4, -0.2) is 77.4 Å². The third-order valence-electron chi connectivity index (χ3n) is 7.63. The number of hydrogen-bond acceptors (Lipinski definition) is 10. The predicted molar refractivity (Wildman–Crippen MR) is 159 cm³/mol. The van der Waals surface area contributed by atoms with Crippen molar-refractivity contribution in [3.05, 3.63) is 53.5 Å². The number of piperazine rings is 1. The molecule has 2 N–H and O–H groups in total. The highest BCUT2D eigenvalue weighted by atomic mass is 16.6. The van der Waals surface area contributed by atoms with Gasteiger partial charge in [-0.25, -0.2) is 19.7 Å². The molecule has 0 spiro atoms. The number of anilines is 5. The molecule has 3 aliphatic heterocycles. The first-order valence-electron chi connectivity index (χ1n) is 14.3. The molecule has 0 atom stereocenters. The third kappa shape index (κ3) is 5.94. The van der Waals surface area contributed by atoms with E-state index in [0.717, 1.165) is 66.6 Å². The van der Waals surface area contributed by atoms with E-state index in [1.165, 1.54) is 5.56 Å². The Morgan fingerprint density at radius 1 is 1.02 bits per heavy atom. The molecule has 0 saturated carbocycles. The van der Waals surface area contributed by atoms with Crippen molar-refractivity contribution >= 4 is 34.8 Å². The Kier molecular flexibility index (Phi) is 7.19. The van der Waals surface area contributed by atoms with Crippen molar-refractivity contribution in [3.8, 4) is 5.88 Å². The Morgan fingerprint density at radius 2 is 1.80 bits per heavy atom.